The van der Waals surface area contributed by atoms with Gasteiger partial charge < -0.3 is 9.80 Å². The average Bonchev–Trinajstić information content (AvgIpc) is 3.27. The largest absolute Gasteiger partial charge is 0.340 e. The van der Waals surface area contributed by atoms with Crippen LogP contribution in [0.25, 0.3) is 0 Å². The Morgan fingerprint density at radius 3 is 1.79 bits per heavy atom. The van der Waals surface area contributed by atoms with Crippen LogP contribution in [0, 0.1) is 5.92 Å². The molecule has 0 aromatic heterocycles. The van der Waals surface area contributed by atoms with E-state index in [-0.39, 0.29) is 23.8 Å². The number of carbonyl (C=O) groups is 2. The van der Waals surface area contributed by atoms with E-state index in [9.17, 15) is 9.59 Å². The number of rotatable bonds is 5. The summed E-state index contributed by atoms with van der Waals surface area (Å²) >= 11 is 0. The monoisotopic (exact) mass is 439 g/mol. The van der Waals surface area contributed by atoms with Crippen LogP contribution < -0.4 is 4.90 Å². The van der Waals surface area contributed by atoms with E-state index in [0.717, 1.165) is 18.8 Å². The van der Waals surface area contributed by atoms with Gasteiger partial charge in [0.05, 0.1) is 12.0 Å². The van der Waals surface area contributed by atoms with E-state index >= 15 is 0 Å². The van der Waals surface area contributed by atoms with Gasteiger partial charge in [0.1, 0.15) is 0 Å². The van der Waals surface area contributed by atoms with Crippen molar-refractivity contribution < 1.29 is 9.59 Å². The fourth-order valence-electron chi connectivity index (χ4n) is 5.07. The third-order valence-electron chi connectivity index (χ3n) is 6.76. The molecule has 2 amide bonds. The number of nitrogens with zero attached hydrogens (tertiary/aromatic N) is 3. The Labute approximate surface area is 195 Å². The van der Waals surface area contributed by atoms with Gasteiger partial charge in [-0.25, -0.2) is 0 Å². The SMILES string of the molecule is O=C([C@H]1CC(=O)N(c2ccccc2)C1)N1CCN(C(c2ccccc2)c2ccccc2)CC1. The molecule has 0 N–H and O–H groups in total. The van der Waals surface area contributed by atoms with Crippen LogP contribution in [0.3, 0.4) is 0 Å². The summed E-state index contributed by atoms with van der Waals surface area (Å²) in [4.78, 5) is 32.0. The van der Waals surface area contributed by atoms with Crippen LogP contribution in [-0.4, -0.2) is 54.3 Å². The topological polar surface area (TPSA) is 43.9 Å². The van der Waals surface area contributed by atoms with Crippen LogP contribution in [0.1, 0.15) is 23.6 Å². The second kappa shape index (κ2) is 9.59. The summed E-state index contributed by atoms with van der Waals surface area (Å²) < 4.78 is 0. The lowest BCUT2D eigenvalue weighted by Crippen LogP contribution is -2.51. The molecule has 0 bridgehead atoms. The van der Waals surface area contributed by atoms with Crippen LogP contribution in [0.5, 0.6) is 0 Å². The van der Waals surface area contributed by atoms with Gasteiger partial charge >= 0.3 is 0 Å². The van der Waals surface area contributed by atoms with Crippen molar-refractivity contribution in [2.75, 3.05) is 37.6 Å². The molecule has 1 atom stereocenters. The molecule has 2 aliphatic heterocycles. The molecule has 5 nitrogen and oxygen atoms in total. The van der Waals surface area contributed by atoms with Gasteiger partial charge in [0.2, 0.25) is 11.8 Å². The van der Waals surface area contributed by atoms with E-state index in [0.29, 0.717) is 26.1 Å². The van der Waals surface area contributed by atoms with Crippen LogP contribution in [0.15, 0.2) is 91.0 Å². The quantitative estimate of drug-likeness (QED) is 0.604. The minimum Gasteiger partial charge on any atom is -0.340 e. The molecule has 2 aliphatic rings. The highest BCUT2D eigenvalue weighted by atomic mass is 16.2. The Balaban J connectivity index is 1.26. The summed E-state index contributed by atoms with van der Waals surface area (Å²) in [7, 11) is 0. The molecule has 2 heterocycles. The van der Waals surface area contributed by atoms with Gasteiger partial charge in [-0.05, 0) is 23.3 Å². The molecule has 0 saturated carbocycles. The van der Waals surface area contributed by atoms with Crippen LogP contribution in [-0.2, 0) is 9.59 Å². The van der Waals surface area contributed by atoms with Gasteiger partial charge in [-0.3, -0.25) is 14.5 Å². The molecule has 2 fully saturated rings. The molecule has 2 saturated heterocycles. The van der Waals surface area contributed by atoms with E-state index in [1.165, 1.54) is 11.1 Å². The zero-order valence-corrected chi connectivity index (χ0v) is 18.7. The average molecular weight is 440 g/mol. The maximum atomic E-state index is 13.3. The number of benzene rings is 3. The van der Waals surface area contributed by atoms with Gasteiger partial charge in [0, 0.05) is 44.8 Å². The Morgan fingerprint density at radius 2 is 1.24 bits per heavy atom. The van der Waals surface area contributed by atoms with Gasteiger partial charge in [-0.2, -0.15) is 0 Å². The Morgan fingerprint density at radius 1 is 0.727 bits per heavy atom. The molecule has 3 aromatic carbocycles. The molecule has 5 heteroatoms. The smallest absolute Gasteiger partial charge is 0.228 e. The first kappa shape index (κ1) is 21.4. The van der Waals surface area contributed by atoms with Crippen molar-refractivity contribution in [3.8, 4) is 0 Å². The number of amides is 2. The minimum atomic E-state index is -0.261. The second-order valence-corrected chi connectivity index (χ2v) is 8.83. The van der Waals surface area contributed by atoms with Crippen molar-refractivity contribution in [2.24, 2.45) is 5.92 Å². The van der Waals surface area contributed by atoms with Crippen LogP contribution in [0.4, 0.5) is 5.69 Å². The zero-order chi connectivity index (χ0) is 22.6. The van der Waals surface area contributed by atoms with Crippen molar-refractivity contribution in [2.45, 2.75) is 12.5 Å². The van der Waals surface area contributed by atoms with Crippen molar-refractivity contribution >= 4 is 17.5 Å². The van der Waals surface area contributed by atoms with Crippen molar-refractivity contribution in [3.63, 3.8) is 0 Å². The highest BCUT2D eigenvalue weighted by Gasteiger charge is 2.38. The maximum Gasteiger partial charge on any atom is 0.228 e. The fraction of sp³-hybridized carbons (Fsp3) is 0.286. The predicted octanol–water partition coefficient (Wildman–Crippen LogP) is 3.97. The van der Waals surface area contributed by atoms with Crippen molar-refractivity contribution in [1.29, 1.82) is 0 Å². The summed E-state index contributed by atoms with van der Waals surface area (Å²) in [5, 5.41) is 0. The number of hydrogen-bond acceptors (Lipinski definition) is 3. The van der Waals surface area contributed by atoms with E-state index in [2.05, 4.69) is 53.4 Å². The summed E-state index contributed by atoms with van der Waals surface area (Å²) in [5.41, 5.74) is 3.41. The first-order chi connectivity index (χ1) is 16.2. The number of carbonyl (C=O) groups excluding carboxylic acids is 2. The summed E-state index contributed by atoms with van der Waals surface area (Å²) in [6.07, 6.45) is 0.296. The van der Waals surface area contributed by atoms with E-state index in [1.54, 1.807) is 4.90 Å². The molecule has 0 unspecified atom stereocenters. The van der Waals surface area contributed by atoms with Gasteiger partial charge in [-0.15, -0.1) is 0 Å². The third-order valence-corrected chi connectivity index (χ3v) is 6.76. The van der Waals surface area contributed by atoms with E-state index in [4.69, 9.17) is 0 Å². The number of anilines is 1. The molecular weight excluding hydrogens is 410 g/mol. The standard InChI is InChI=1S/C28H29N3O2/c32-26-20-24(21-31(26)25-14-8-3-9-15-25)28(33)30-18-16-29(17-19-30)27(22-10-4-1-5-11-22)23-12-6-2-7-13-23/h1-15,24,27H,16-21H2/t24-/m0/s1. The van der Waals surface area contributed by atoms with Gasteiger partial charge in [0.25, 0.3) is 0 Å². The minimum absolute atomic E-state index is 0.0337. The summed E-state index contributed by atoms with van der Waals surface area (Å²) in [6, 6.07) is 30.9. The van der Waals surface area contributed by atoms with E-state index in [1.807, 2.05) is 47.4 Å². The Bertz CT molecular complexity index is 1040. The molecule has 33 heavy (non-hydrogen) atoms. The molecule has 168 valence electrons. The molecule has 5 rings (SSSR count). The number of hydrogen-bond donors (Lipinski definition) is 0. The number of piperazine rings is 1. The molecular formula is C28H29N3O2. The van der Waals surface area contributed by atoms with Gasteiger partial charge in [0.15, 0.2) is 0 Å². The van der Waals surface area contributed by atoms with Crippen molar-refractivity contribution in [1.82, 2.24) is 9.80 Å². The Hall–Kier alpha value is -3.44. The lowest BCUT2D eigenvalue weighted by atomic mass is 9.96. The lowest BCUT2D eigenvalue weighted by Gasteiger charge is -2.40. The normalized spacial score (nSPS) is 19.3. The van der Waals surface area contributed by atoms with Gasteiger partial charge in [-0.1, -0.05) is 78.9 Å². The highest BCUT2D eigenvalue weighted by molar-refractivity contribution is 6.00. The summed E-state index contributed by atoms with van der Waals surface area (Å²) in [6.45, 7) is 3.46. The maximum absolute atomic E-state index is 13.3. The summed E-state index contributed by atoms with van der Waals surface area (Å²) in [5.74, 6) is -0.118. The lowest BCUT2D eigenvalue weighted by molar-refractivity contribution is -0.137. The van der Waals surface area contributed by atoms with Crippen LogP contribution in [0.2, 0.25) is 0 Å². The zero-order valence-electron chi connectivity index (χ0n) is 18.7. The van der Waals surface area contributed by atoms with Crippen LogP contribution >= 0.6 is 0 Å². The fourth-order valence-corrected chi connectivity index (χ4v) is 5.07. The second-order valence-electron chi connectivity index (χ2n) is 8.83. The predicted molar refractivity (Wildman–Crippen MR) is 130 cm³/mol. The highest BCUT2D eigenvalue weighted by Crippen LogP contribution is 2.31. The van der Waals surface area contributed by atoms with Crippen molar-refractivity contribution in [3.05, 3.63) is 102 Å². The third kappa shape index (κ3) is 4.55. The molecule has 3 aromatic rings. The first-order valence-corrected chi connectivity index (χ1v) is 11.7. The Kier molecular flexibility index (Phi) is 6.22. The number of para-hydroxylation sites is 1. The first-order valence-electron chi connectivity index (χ1n) is 11.7. The molecule has 0 aliphatic carbocycles. The molecule has 0 spiro atoms. The van der Waals surface area contributed by atoms with E-state index < -0.39 is 0 Å². The molecule has 0 radical (unpaired) electrons.